The van der Waals surface area contributed by atoms with Crippen molar-refractivity contribution >= 4 is 5.97 Å². The number of aliphatic hydroxyl groups excluding tert-OH is 1. The van der Waals surface area contributed by atoms with Crippen LogP contribution in [0.25, 0.3) is 0 Å². The van der Waals surface area contributed by atoms with E-state index in [2.05, 4.69) is 0 Å². The van der Waals surface area contributed by atoms with E-state index in [1.165, 1.54) is 6.92 Å². The molecule has 0 aliphatic heterocycles. The Labute approximate surface area is 51.8 Å². The summed E-state index contributed by atoms with van der Waals surface area (Å²) in [6.07, 6.45) is -1.23. The Balaban J connectivity index is 0. The van der Waals surface area contributed by atoms with E-state index in [1.807, 2.05) is 0 Å². The van der Waals surface area contributed by atoms with Crippen LogP contribution in [0.15, 0.2) is 0 Å². The first-order valence-corrected chi connectivity index (χ1v) is 1.55. The predicted octanol–water partition coefficient (Wildman–Crippen LogP) is -0.551. The number of carboxylic acid groups (broad SMARTS) is 1. The van der Waals surface area contributed by atoms with Crippen LogP contribution in [0.5, 0.6) is 0 Å². The summed E-state index contributed by atoms with van der Waals surface area (Å²) in [5.74, 6) is -1.19. The van der Waals surface area contributed by atoms with Crippen molar-refractivity contribution in [3.63, 3.8) is 0 Å². The fourth-order valence-electron chi connectivity index (χ4n) is 0. The Morgan fingerprint density at radius 2 is 1.86 bits per heavy atom. The Bertz CT molecular complexity index is 61.2. The number of rotatable bonds is 1. The van der Waals surface area contributed by atoms with Crippen molar-refractivity contribution in [3.05, 3.63) is 0 Å². The SMILES string of the molecule is CC(O)C(=O)O.[Cu]. The van der Waals surface area contributed by atoms with E-state index in [1.54, 1.807) is 0 Å². The average Bonchev–Trinajstić information content (AvgIpc) is 1.36. The van der Waals surface area contributed by atoms with Gasteiger partial charge in [-0.05, 0) is 6.92 Å². The van der Waals surface area contributed by atoms with E-state index in [9.17, 15) is 4.79 Å². The minimum absolute atomic E-state index is 0. The van der Waals surface area contributed by atoms with Gasteiger partial charge in [-0.1, -0.05) is 0 Å². The van der Waals surface area contributed by atoms with Crippen LogP contribution in [-0.4, -0.2) is 22.3 Å². The monoisotopic (exact) mass is 153 g/mol. The Morgan fingerprint density at radius 1 is 1.71 bits per heavy atom. The maximum Gasteiger partial charge on any atom is 0.332 e. The van der Waals surface area contributed by atoms with E-state index in [0.29, 0.717) is 0 Å². The van der Waals surface area contributed by atoms with E-state index in [4.69, 9.17) is 10.2 Å². The van der Waals surface area contributed by atoms with Crippen molar-refractivity contribution in [3.8, 4) is 0 Å². The van der Waals surface area contributed by atoms with E-state index >= 15 is 0 Å². The summed E-state index contributed by atoms with van der Waals surface area (Å²) in [4.78, 5) is 9.45. The topological polar surface area (TPSA) is 57.5 Å². The second kappa shape index (κ2) is 4.12. The van der Waals surface area contributed by atoms with Gasteiger partial charge in [-0.3, -0.25) is 0 Å². The van der Waals surface area contributed by atoms with Crippen LogP contribution in [0.2, 0.25) is 0 Å². The molecule has 0 spiro atoms. The summed E-state index contributed by atoms with van der Waals surface area (Å²) in [6.45, 7) is 1.20. The third-order valence-electron chi connectivity index (χ3n) is 0.357. The number of carboxylic acids is 1. The van der Waals surface area contributed by atoms with Gasteiger partial charge in [0.1, 0.15) is 6.10 Å². The molecule has 0 aliphatic carbocycles. The first kappa shape index (κ1) is 10.0. The minimum atomic E-state index is -1.23. The number of hydrogen-bond acceptors (Lipinski definition) is 2. The molecule has 2 N–H and O–H groups in total. The molecule has 1 unspecified atom stereocenters. The van der Waals surface area contributed by atoms with Crippen molar-refractivity contribution in [2.24, 2.45) is 0 Å². The molecule has 47 valence electrons. The maximum atomic E-state index is 9.45. The van der Waals surface area contributed by atoms with Crippen molar-refractivity contribution in [2.75, 3.05) is 0 Å². The van der Waals surface area contributed by atoms with E-state index < -0.39 is 12.1 Å². The van der Waals surface area contributed by atoms with Crippen LogP contribution in [-0.2, 0) is 21.9 Å². The van der Waals surface area contributed by atoms with Crippen molar-refractivity contribution < 1.29 is 32.1 Å². The van der Waals surface area contributed by atoms with E-state index in [0.717, 1.165) is 0 Å². The zero-order chi connectivity index (χ0) is 5.15. The number of hydrogen-bond donors (Lipinski definition) is 2. The van der Waals surface area contributed by atoms with Crippen molar-refractivity contribution in [2.45, 2.75) is 13.0 Å². The van der Waals surface area contributed by atoms with Gasteiger partial charge >= 0.3 is 5.97 Å². The third-order valence-corrected chi connectivity index (χ3v) is 0.357. The maximum absolute atomic E-state index is 9.45. The molecule has 0 heterocycles. The van der Waals surface area contributed by atoms with Crippen molar-refractivity contribution in [1.29, 1.82) is 0 Å². The van der Waals surface area contributed by atoms with Gasteiger partial charge in [-0.15, -0.1) is 0 Å². The third kappa shape index (κ3) is 5.95. The molecular weight excluding hydrogens is 148 g/mol. The van der Waals surface area contributed by atoms with Gasteiger partial charge in [-0.2, -0.15) is 0 Å². The Morgan fingerprint density at radius 3 is 1.86 bits per heavy atom. The zero-order valence-electron chi connectivity index (χ0n) is 3.68. The quantitative estimate of drug-likeness (QED) is 0.497. The van der Waals surface area contributed by atoms with Gasteiger partial charge in [0.15, 0.2) is 0 Å². The van der Waals surface area contributed by atoms with Crippen LogP contribution < -0.4 is 0 Å². The van der Waals surface area contributed by atoms with Gasteiger partial charge in [-0.25, -0.2) is 4.79 Å². The molecular formula is C3H6CuO3. The van der Waals surface area contributed by atoms with Crippen LogP contribution in [0, 0.1) is 0 Å². The summed E-state index contributed by atoms with van der Waals surface area (Å²) in [5, 5.41) is 15.8. The number of aliphatic carboxylic acids is 1. The summed E-state index contributed by atoms with van der Waals surface area (Å²) >= 11 is 0. The summed E-state index contributed by atoms with van der Waals surface area (Å²) in [6, 6.07) is 0. The molecule has 0 aromatic carbocycles. The van der Waals surface area contributed by atoms with Crippen molar-refractivity contribution in [1.82, 2.24) is 0 Å². The second-order valence-corrected chi connectivity index (χ2v) is 1.01. The number of aliphatic hydroxyl groups is 1. The molecule has 3 nitrogen and oxygen atoms in total. The fourth-order valence-corrected chi connectivity index (χ4v) is 0. The molecule has 1 radical (unpaired) electrons. The first-order chi connectivity index (χ1) is 2.64. The first-order valence-electron chi connectivity index (χ1n) is 1.55. The predicted molar refractivity (Wildman–Crippen MR) is 19.3 cm³/mol. The van der Waals surface area contributed by atoms with Crippen LogP contribution >= 0.6 is 0 Å². The molecule has 0 saturated heterocycles. The molecule has 0 aromatic rings. The Hall–Kier alpha value is -0.0505. The number of carbonyl (C=O) groups is 1. The standard InChI is InChI=1S/C3H6O3.Cu/c1-2(4)3(5)6;/h2,4H,1H3,(H,5,6);. The molecule has 0 amide bonds. The Kier molecular flexibility index (Phi) is 5.91. The van der Waals surface area contributed by atoms with Crippen LogP contribution in [0.1, 0.15) is 6.92 Å². The molecule has 0 saturated carbocycles. The van der Waals surface area contributed by atoms with Gasteiger partial charge in [0, 0.05) is 17.1 Å². The van der Waals surface area contributed by atoms with Gasteiger partial charge in [0.2, 0.25) is 0 Å². The van der Waals surface area contributed by atoms with Gasteiger partial charge in [0.05, 0.1) is 0 Å². The smallest absolute Gasteiger partial charge is 0.332 e. The van der Waals surface area contributed by atoms with Crippen LogP contribution in [0.3, 0.4) is 0 Å². The molecule has 1 atom stereocenters. The van der Waals surface area contributed by atoms with Gasteiger partial charge < -0.3 is 10.2 Å². The summed E-state index contributed by atoms with van der Waals surface area (Å²) in [7, 11) is 0. The average molecular weight is 154 g/mol. The molecule has 0 aliphatic rings. The van der Waals surface area contributed by atoms with E-state index in [-0.39, 0.29) is 17.1 Å². The second-order valence-electron chi connectivity index (χ2n) is 1.01. The molecule has 0 bridgehead atoms. The molecule has 0 fully saturated rings. The zero-order valence-corrected chi connectivity index (χ0v) is 4.62. The van der Waals surface area contributed by atoms with Crippen LogP contribution in [0.4, 0.5) is 0 Å². The summed E-state index contributed by atoms with van der Waals surface area (Å²) in [5.41, 5.74) is 0. The largest absolute Gasteiger partial charge is 0.479 e. The summed E-state index contributed by atoms with van der Waals surface area (Å²) < 4.78 is 0. The molecule has 0 rings (SSSR count). The minimum Gasteiger partial charge on any atom is -0.479 e. The molecule has 4 heteroatoms. The van der Waals surface area contributed by atoms with Gasteiger partial charge in [0.25, 0.3) is 0 Å². The fraction of sp³-hybridized carbons (Fsp3) is 0.667. The molecule has 0 aromatic heterocycles. The normalized spacial score (nSPS) is 11.7. The molecule has 7 heavy (non-hydrogen) atoms.